The van der Waals surface area contributed by atoms with Gasteiger partial charge in [-0.3, -0.25) is 0 Å². The lowest BCUT2D eigenvalue weighted by Crippen LogP contribution is -2.13. The zero-order valence-corrected chi connectivity index (χ0v) is 12.1. The Hall–Kier alpha value is -1.65. The first-order valence-corrected chi connectivity index (χ1v) is 6.89. The van der Waals surface area contributed by atoms with Gasteiger partial charge in [-0.1, -0.05) is 35.9 Å². The number of nitrogens with one attached hydrogen (secondary N) is 1. The molecule has 0 radical (unpaired) electrons. The van der Waals surface area contributed by atoms with Crippen LogP contribution in [0.3, 0.4) is 0 Å². The van der Waals surface area contributed by atoms with Crippen molar-refractivity contribution in [2.45, 2.75) is 13.0 Å². The molecule has 0 spiro atoms. The van der Waals surface area contributed by atoms with Gasteiger partial charge in [0, 0.05) is 0 Å². The molecule has 3 aromatic rings. The Kier molecular flexibility index (Phi) is 3.12. The van der Waals surface area contributed by atoms with E-state index in [1.165, 1.54) is 16.3 Å². The average molecular weight is 316 g/mol. The number of nitrogens with zero attached hydrogens (tertiary/aromatic N) is 1. The number of aromatic amines is 1. The maximum atomic E-state index is 6.24. The zero-order valence-electron chi connectivity index (χ0n) is 10.5. The van der Waals surface area contributed by atoms with E-state index in [2.05, 4.69) is 69.2 Å². The van der Waals surface area contributed by atoms with E-state index in [1.807, 2.05) is 0 Å². The van der Waals surface area contributed by atoms with E-state index in [1.54, 1.807) is 6.20 Å². The molecule has 0 aliphatic carbocycles. The highest BCUT2D eigenvalue weighted by Gasteiger charge is 2.12. The van der Waals surface area contributed by atoms with Crippen molar-refractivity contribution in [1.82, 2.24) is 9.97 Å². The molecule has 0 saturated heterocycles. The number of rotatable bonds is 2. The normalized spacial score (nSPS) is 12.8. The molecule has 0 saturated carbocycles. The van der Waals surface area contributed by atoms with Crippen LogP contribution in [0, 0.1) is 6.92 Å². The summed E-state index contributed by atoms with van der Waals surface area (Å²) in [6.07, 6.45) is 1.72. The zero-order chi connectivity index (χ0) is 13.4. The number of nitrogens with two attached hydrogens (primary N) is 1. The SMILES string of the molecule is Cc1ccc2cc(C(N)c3ncc(Br)[nH]3)ccc2c1. The minimum Gasteiger partial charge on any atom is -0.335 e. The number of hydrogen-bond donors (Lipinski definition) is 2. The lowest BCUT2D eigenvalue weighted by Gasteiger charge is -2.10. The van der Waals surface area contributed by atoms with Gasteiger partial charge in [0.2, 0.25) is 0 Å². The quantitative estimate of drug-likeness (QED) is 0.758. The van der Waals surface area contributed by atoms with Gasteiger partial charge in [0.05, 0.1) is 12.2 Å². The third-order valence-corrected chi connectivity index (χ3v) is 3.64. The summed E-state index contributed by atoms with van der Waals surface area (Å²) in [4.78, 5) is 7.37. The summed E-state index contributed by atoms with van der Waals surface area (Å²) in [6, 6.07) is 12.5. The molecule has 4 heteroatoms. The van der Waals surface area contributed by atoms with Crippen molar-refractivity contribution in [2.24, 2.45) is 5.73 Å². The van der Waals surface area contributed by atoms with E-state index < -0.39 is 0 Å². The van der Waals surface area contributed by atoms with Gasteiger partial charge in [-0.05, 0) is 45.3 Å². The topological polar surface area (TPSA) is 54.7 Å². The Bertz CT molecular complexity index is 733. The smallest absolute Gasteiger partial charge is 0.128 e. The van der Waals surface area contributed by atoms with Crippen LogP contribution in [0.25, 0.3) is 10.8 Å². The predicted octanol–water partition coefficient (Wildman–Crippen LogP) is 3.68. The van der Waals surface area contributed by atoms with Crippen LogP contribution >= 0.6 is 15.9 Å². The van der Waals surface area contributed by atoms with Gasteiger partial charge < -0.3 is 10.7 Å². The molecule has 0 bridgehead atoms. The first kappa shape index (κ1) is 12.4. The maximum Gasteiger partial charge on any atom is 0.128 e. The summed E-state index contributed by atoms with van der Waals surface area (Å²) in [5.74, 6) is 0.762. The third kappa shape index (κ3) is 2.41. The van der Waals surface area contributed by atoms with Crippen LogP contribution in [-0.2, 0) is 0 Å². The molecule has 1 aromatic heterocycles. The minimum atomic E-state index is -0.239. The molecule has 0 aliphatic heterocycles. The molecule has 1 atom stereocenters. The fourth-order valence-electron chi connectivity index (χ4n) is 2.21. The summed E-state index contributed by atoms with van der Waals surface area (Å²) in [7, 11) is 0. The van der Waals surface area contributed by atoms with Crippen molar-refractivity contribution < 1.29 is 0 Å². The van der Waals surface area contributed by atoms with Gasteiger partial charge in [-0.25, -0.2) is 4.98 Å². The molecule has 0 aliphatic rings. The highest BCUT2D eigenvalue weighted by atomic mass is 79.9. The first-order valence-electron chi connectivity index (χ1n) is 6.10. The van der Waals surface area contributed by atoms with Gasteiger partial charge >= 0.3 is 0 Å². The lowest BCUT2D eigenvalue weighted by atomic mass is 10.0. The van der Waals surface area contributed by atoms with Crippen LogP contribution in [0.2, 0.25) is 0 Å². The fourth-order valence-corrected chi connectivity index (χ4v) is 2.51. The number of aryl methyl sites for hydroxylation is 1. The van der Waals surface area contributed by atoms with Crippen molar-refractivity contribution in [1.29, 1.82) is 0 Å². The molecule has 19 heavy (non-hydrogen) atoms. The molecule has 3 N–H and O–H groups in total. The molecular weight excluding hydrogens is 302 g/mol. The van der Waals surface area contributed by atoms with Crippen LogP contribution < -0.4 is 5.73 Å². The molecule has 1 heterocycles. The van der Waals surface area contributed by atoms with Crippen molar-refractivity contribution in [3.05, 3.63) is 64.1 Å². The molecular formula is C15H14BrN3. The van der Waals surface area contributed by atoms with Crippen LogP contribution in [0.15, 0.2) is 47.2 Å². The van der Waals surface area contributed by atoms with E-state index in [0.29, 0.717) is 0 Å². The van der Waals surface area contributed by atoms with Crippen LogP contribution in [-0.4, -0.2) is 9.97 Å². The van der Waals surface area contributed by atoms with Gasteiger partial charge in [-0.2, -0.15) is 0 Å². The standard InChI is InChI=1S/C15H14BrN3/c1-9-2-3-11-7-12(5-4-10(11)6-9)14(17)15-18-8-13(16)19-15/h2-8,14H,17H2,1H3,(H,18,19). The third-order valence-electron chi connectivity index (χ3n) is 3.24. The summed E-state index contributed by atoms with van der Waals surface area (Å²) in [5, 5.41) is 2.43. The second-order valence-electron chi connectivity index (χ2n) is 4.70. The van der Waals surface area contributed by atoms with Gasteiger partial charge in [-0.15, -0.1) is 0 Å². The number of aromatic nitrogens is 2. The molecule has 0 fully saturated rings. The van der Waals surface area contributed by atoms with Crippen molar-refractivity contribution in [3.63, 3.8) is 0 Å². The number of halogens is 1. The molecule has 3 rings (SSSR count). The van der Waals surface area contributed by atoms with E-state index in [-0.39, 0.29) is 6.04 Å². The Labute approximate surface area is 120 Å². The summed E-state index contributed by atoms with van der Waals surface area (Å²) < 4.78 is 0.842. The molecule has 2 aromatic carbocycles. The first-order chi connectivity index (χ1) is 9.13. The monoisotopic (exact) mass is 315 g/mol. The average Bonchev–Trinajstić information content (AvgIpc) is 2.84. The highest BCUT2D eigenvalue weighted by molar-refractivity contribution is 9.10. The van der Waals surface area contributed by atoms with Gasteiger partial charge in [0.15, 0.2) is 0 Å². The Morgan fingerprint density at radius 3 is 2.63 bits per heavy atom. The Morgan fingerprint density at radius 1 is 1.16 bits per heavy atom. The van der Waals surface area contributed by atoms with Gasteiger partial charge in [0.25, 0.3) is 0 Å². The molecule has 1 unspecified atom stereocenters. The van der Waals surface area contributed by atoms with E-state index in [4.69, 9.17) is 5.73 Å². The van der Waals surface area contributed by atoms with Gasteiger partial charge in [0.1, 0.15) is 10.4 Å². The van der Waals surface area contributed by atoms with Crippen molar-refractivity contribution in [2.75, 3.05) is 0 Å². The van der Waals surface area contributed by atoms with Crippen LogP contribution in [0.5, 0.6) is 0 Å². The molecule has 0 amide bonds. The van der Waals surface area contributed by atoms with E-state index in [9.17, 15) is 0 Å². The number of imidazole rings is 1. The number of H-pyrrole nitrogens is 1. The number of benzene rings is 2. The molecule has 3 nitrogen and oxygen atoms in total. The Balaban J connectivity index is 2.03. The lowest BCUT2D eigenvalue weighted by molar-refractivity contribution is 0.801. The largest absolute Gasteiger partial charge is 0.335 e. The van der Waals surface area contributed by atoms with Crippen molar-refractivity contribution >= 4 is 26.7 Å². The summed E-state index contributed by atoms with van der Waals surface area (Å²) in [5.41, 5.74) is 8.55. The highest BCUT2D eigenvalue weighted by Crippen LogP contribution is 2.23. The number of fused-ring (bicyclic) bond motifs is 1. The van der Waals surface area contributed by atoms with E-state index >= 15 is 0 Å². The molecule has 96 valence electrons. The summed E-state index contributed by atoms with van der Waals surface area (Å²) in [6.45, 7) is 2.10. The predicted molar refractivity (Wildman–Crippen MR) is 81.0 cm³/mol. The Morgan fingerprint density at radius 2 is 1.89 bits per heavy atom. The second kappa shape index (κ2) is 4.79. The maximum absolute atomic E-state index is 6.24. The summed E-state index contributed by atoms with van der Waals surface area (Å²) >= 11 is 3.35. The van der Waals surface area contributed by atoms with Crippen molar-refractivity contribution in [3.8, 4) is 0 Å². The van der Waals surface area contributed by atoms with Crippen LogP contribution in [0.1, 0.15) is 23.0 Å². The second-order valence-corrected chi connectivity index (χ2v) is 5.56. The van der Waals surface area contributed by atoms with E-state index in [0.717, 1.165) is 16.0 Å². The minimum absolute atomic E-state index is 0.239. The fraction of sp³-hybridized carbons (Fsp3) is 0.133. The van der Waals surface area contributed by atoms with Crippen LogP contribution in [0.4, 0.5) is 0 Å². The number of hydrogen-bond acceptors (Lipinski definition) is 2.